The minimum Gasteiger partial charge on any atom is -0.337 e. The maximum Gasteiger partial charge on any atom is 0.159 e. The molecular weight excluding hydrogens is 300 g/mol. The van der Waals surface area contributed by atoms with E-state index in [0.717, 1.165) is 58.7 Å². The van der Waals surface area contributed by atoms with Gasteiger partial charge in [0.1, 0.15) is 5.69 Å². The third-order valence-electron chi connectivity index (χ3n) is 4.45. The van der Waals surface area contributed by atoms with Crippen molar-refractivity contribution in [3.8, 4) is 11.5 Å². The Morgan fingerprint density at radius 2 is 2.04 bits per heavy atom. The number of H-pyrrole nitrogens is 2. The Bertz CT molecular complexity index is 1040. The minimum absolute atomic E-state index is 0.777. The number of para-hydroxylation sites is 2. The predicted molar refractivity (Wildman–Crippen MR) is 94.4 cm³/mol. The Kier molecular flexibility index (Phi) is 2.96. The molecule has 6 heteroatoms. The molecule has 0 fully saturated rings. The standard InChI is InChI=1S/C18H16N6/c1-2-4-14-13(3-1)21-18(22-14)17-12-9-15(11-5-7-19-8-6-11)20-10-16(12)23-24-17/h1-5,9-10,19H,6-8H2,(H,21,22)(H,23,24). The second-order valence-corrected chi connectivity index (χ2v) is 5.97. The van der Waals surface area contributed by atoms with E-state index in [2.05, 4.69) is 42.6 Å². The van der Waals surface area contributed by atoms with E-state index >= 15 is 0 Å². The van der Waals surface area contributed by atoms with Crippen molar-refractivity contribution < 1.29 is 0 Å². The van der Waals surface area contributed by atoms with Crippen LogP contribution >= 0.6 is 0 Å². The van der Waals surface area contributed by atoms with Crippen LogP contribution in [-0.4, -0.2) is 38.2 Å². The molecule has 0 aliphatic carbocycles. The van der Waals surface area contributed by atoms with Crippen LogP contribution in [0.15, 0.2) is 42.6 Å². The van der Waals surface area contributed by atoms with E-state index in [1.165, 1.54) is 5.57 Å². The van der Waals surface area contributed by atoms with Gasteiger partial charge in [-0.1, -0.05) is 18.2 Å². The van der Waals surface area contributed by atoms with Crippen molar-refractivity contribution in [1.29, 1.82) is 0 Å². The van der Waals surface area contributed by atoms with Crippen LogP contribution < -0.4 is 5.32 Å². The Balaban J connectivity index is 1.66. The predicted octanol–water partition coefficient (Wildman–Crippen LogP) is 2.88. The molecule has 0 saturated carbocycles. The molecule has 118 valence electrons. The topological polar surface area (TPSA) is 82.3 Å². The Morgan fingerprint density at radius 1 is 1.08 bits per heavy atom. The zero-order chi connectivity index (χ0) is 15.9. The first-order chi connectivity index (χ1) is 11.9. The Labute approximate surface area is 138 Å². The molecule has 0 amide bonds. The molecule has 1 aliphatic rings. The molecule has 3 aromatic heterocycles. The highest BCUT2D eigenvalue weighted by molar-refractivity contribution is 5.94. The molecule has 0 unspecified atom stereocenters. The molecule has 0 spiro atoms. The quantitative estimate of drug-likeness (QED) is 0.531. The van der Waals surface area contributed by atoms with Gasteiger partial charge in [0.25, 0.3) is 0 Å². The Morgan fingerprint density at radius 3 is 2.92 bits per heavy atom. The van der Waals surface area contributed by atoms with Gasteiger partial charge in [0.05, 0.1) is 28.4 Å². The van der Waals surface area contributed by atoms with Crippen LogP contribution in [0, 0.1) is 0 Å². The van der Waals surface area contributed by atoms with Gasteiger partial charge < -0.3 is 10.3 Å². The fraction of sp³-hybridized carbons (Fsp3) is 0.167. The van der Waals surface area contributed by atoms with E-state index in [-0.39, 0.29) is 0 Å². The zero-order valence-corrected chi connectivity index (χ0v) is 13.0. The number of pyridine rings is 1. The van der Waals surface area contributed by atoms with E-state index < -0.39 is 0 Å². The van der Waals surface area contributed by atoms with Crippen molar-refractivity contribution in [2.75, 3.05) is 13.1 Å². The summed E-state index contributed by atoms with van der Waals surface area (Å²) >= 11 is 0. The van der Waals surface area contributed by atoms with Crippen LogP contribution in [0.5, 0.6) is 0 Å². The highest BCUT2D eigenvalue weighted by atomic mass is 15.1. The SMILES string of the molecule is C1=C(c2cc3c(-c4nc5ccccc5[nH]4)n[nH]c3cn2)CCNC1. The third-order valence-corrected chi connectivity index (χ3v) is 4.45. The third kappa shape index (κ3) is 2.11. The van der Waals surface area contributed by atoms with Crippen molar-refractivity contribution in [3.63, 3.8) is 0 Å². The molecule has 5 rings (SSSR count). The molecule has 24 heavy (non-hydrogen) atoms. The van der Waals surface area contributed by atoms with Crippen molar-refractivity contribution in [2.45, 2.75) is 6.42 Å². The summed E-state index contributed by atoms with van der Waals surface area (Å²) in [6.45, 7) is 1.89. The number of aromatic amines is 2. The van der Waals surface area contributed by atoms with Gasteiger partial charge in [0, 0.05) is 11.9 Å². The van der Waals surface area contributed by atoms with Gasteiger partial charge in [0.15, 0.2) is 5.82 Å². The van der Waals surface area contributed by atoms with Crippen LogP contribution in [0.2, 0.25) is 0 Å². The summed E-state index contributed by atoms with van der Waals surface area (Å²) in [4.78, 5) is 12.6. The van der Waals surface area contributed by atoms with E-state index in [0.29, 0.717) is 0 Å². The van der Waals surface area contributed by atoms with Gasteiger partial charge >= 0.3 is 0 Å². The molecule has 1 aliphatic heterocycles. The van der Waals surface area contributed by atoms with Gasteiger partial charge in [0.2, 0.25) is 0 Å². The zero-order valence-electron chi connectivity index (χ0n) is 13.0. The molecule has 3 N–H and O–H groups in total. The number of rotatable bonds is 2. The fourth-order valence-electron chi connectivity index (χ4n) is 3.19. The Hall–Kier alpha value is -2.99. The lowest BCUT2D eigenvalue weighted by Gasteiger charge is -2.13. The van der Waals surface area contributed by atoms with Crippen molar-refractivity contribution >= 4 is 27.5 Å². The van der Waals surface area contributed by atoms with Crippen LogP contribution in [0.25, 0.3) is 39.0 Å². The maximum atomic E-state index is 4.66. The average Bonchev–Trinajstić information content (AvgIpc) is 3.25. The first kappa shape index (κ1) is 13.4. The molecule has 4 aromatic rings. The molecule has 0 saturated heterocycles. The number of hydrogen-bond acceptors (Lipinski definition) is 4. The second-order valence-electron chi connectivity index (χ2n) is 5.97. The van der Waals surface area contributed by atoms with Crippen molar-refractivity contribution in [1.82, 2.24) is 30.5 Å². The van der Waals surface area contributed by atoms with E-state index in [1.54, 1.807) is 0 Å². The summed E-state index contributed by atoms with van der Waals surface area (Å²) in [6, 6.07) is 10.1. The molecule has 6 nitrogen and oxygen atoms in total. The second kappa shape index (κ2) is 5.28. The average molecular weight is 316 g/mol. The van der Waals surface area contributed by atoms with Crippen LogP contribution in [-0.2, 0) is 0 Å². The first-order valence-electron chi connectivity index (χ1n) is 8.08. The molecule has 0 radical (unpaired) electrons. The first-order valence-corrected chi connectivity index (χ1v) is 8.08. The summed E-state index contributed by atoms with van der Waals surface area (Å²) in [6.07, 6.45) is 5.06. The van der Waals surface area contributed by atoms with Crippen molar-refractivity contribution in [2.24, 2.45) is 0 Å². The smallest absolute Gasteiger partial charge is 0.159 e. The number of hydrogen-bond donors (Lipinski definition) is 3. The van der Waals surface area contributed by atoms with Crippen LogP contribution in [0.1, 0.15) is 12.1 Å². The maximum absolute atomic E-state index is 4.66. The van der Waals surface area contributed by atoms with Gasteiger partial charge in [-0.2, -0.15) is 5.10 Å². The number of benzene rings is 1. The normalized spacial score (nSPS) is 15.1. The monoisotopic (exact) mass is 316 g/mol. The van der Waals surface area contributed by atoms with Gasteiger partial charge in [-0.25, -0.2) is 4.98 Å². The van der Waals surface area contributed by atoms with Crippen LogP contribution in [0.3, 0.4) is 0 Å². The largest absolute Gasteiger partial charge is 0.337 e. The number of fused-ring (bicyclic) bond motifs is 2. The minimum atomic E-state index is 0.777. The van der Waals surface area contributed by atoms with Gasteiger partial charge in [-0.05, 0) is 36.7 Å². The molecular formula is C18H16N6. The summed E-state index contributed by atoms with van der Waals surface area (Å²) in [7, 11) is 0. The summed E-state index contributed by atoms with van der Waals surface area (Å²) in [5.41, 5.74) is 6.01. The van der Waals surface area contributed by atoms with Gasteiger partial charge in [-0.15, -0.1) is 0 Å². The van der Waals surface area contributed by atoms with Crippen LogP contribution in [0.4, 0.5) is 0 Å². The molecule has 0 bridgehead atoms. The lowest BCUT2D eigenvalue weighted by molar-refractivity contribution is 0.737. The number of imidazole rings is 1. The summed E-state index contributed by atoms with van der Waals surface area (Å²) in [5.74, 6) is 0.777. The molecule has 1 aromatic carbocycles. The lowest BCUT2D eigenvalue weighted by atomic mass is 10.0. The van der Waals surface area contributed by atoms with E-state index in [1.807, 2.05) is 30.5 Å². The number of nitrogens with zero attached hydrogens (tertiary/aromatic N) is 3. The number of nitrogens with one attached hydrogen (secondary N) is 3. The summed E-state index contributed by atoms with van der Waals surface area (Å²) < 4.78 is 0. The molecule has 0 atom stereocenters. The summed E-state index contributed by atoms with van der Waals surface area (Å²) in [5, 5.41) is 11.9. The van der Waals surface area contributed by atoms with E-state index in [9.17, 15) is 0 Å². The molecule has 4 heterocycles. The van der Waals surface area contributed by atoms with Gasteiger partial charge in [-0.3, -0.25) is 10.1 Å². The van der Waals surface area contributed by atoms with Crippen molar-refractivity contribution in [3.05, 3.63) is 48.3 Å². The lowest BCUT2D eigenvalue weighted by Crippen LogP contribution is -2.20. The fourth-order valence-corrected chi connectivity index (χ4v) is 3.19. The number of aromatic nitrogens is 5. The highest BCUT2D eigenvalue weighted by Crippen LogP contribution is 2.28. The van der Waals surface area contributed by atoms with E-state index in [4.69, 9.17) is 0 Å². The highest BCUT2D eigenvalue weighted by Gasteiger charge is 2.15.